The fraction of sp³-hybridized carbons (Fsp3) is 0.0556. The Morgan fingerprint density at radius 3 is 2.46 bits per heavy atom. The molecule has 6 heteroatoms. The Morgan fingerprint density at radius 1 is 1.12 bits per heavy atom. The molecule has 2 aromatic carbocycles. The van der Waals surface area contributed by atoms with Gasteiger partial charge < -0.3 is 4.74 Å². The minimum atomic E-state index is -0.655. The van der Waals surface area contributed by atoms with Gasteiger partial charge in [-0.05, 0) is 42.0 Å². The highest BCUT2D eigenvalue weighted by atomic mass is 35.5. The van der Waals surface area contributed by atoms with Crippen molar-refractivity contribution in [2.75, 3.05) is 6.61 Å². The summed E-state index contributed by atoms with van der Waals surface area (Å²) in [5.41, 5.74) is 1.50. The molecule has 0 saturated heterocycles. The molecule has 0 aliphatic rings. The number of carbonyl (C=O) groups excluding carboxylic acids is 2. The molecule has 4 nitrogen and oxygen atoms in total. The summed E-state index contributed by atoms with van der Waals surface area (Å²) >= 11 is 11.7. The number of hydrogen-bond donors (Lipinski definition) is 0. The van der Waals surface area contributed by atoms with E-state index in [-0.39, 0.29) is 10.6 Å². The van der Waals surface area contributed by atoms with Crippen LogP contribution < -0.4 is 0 Å². The second-order valence-corrected chi connectivity index (χ2v) is 5.57. The van der Waals surface area contributed by atoms with Crippen LogP contribution in [0.25, 0.3) is 6.08 Å². The number of ketones is 1. The topological polar surface area (TPSA) is 67.2 Å². The zero-order valence-electron chi connectivity index (χ0n) is 12.3. The second kappa shape index (κ2) is 8.30. The Hall–Kier alpha value is -2.61. The van der Waals surface area contributed by atoms with Crippen molar-refractivity contribution in [2.24, 2.45) is 0 Å². The smallest absolute Gasteiger partial charge is 0.331 e. The standard InChI is InChI=1S/C18H11Cl2NO3/c19-14-6-7-15(16(20)9-14)17(22)11-24-18(23)8-5-12-1-3-13(10-21)4-2-12/h1-9H,11H2/b8-5+. The number of rotatable bonds is 5. The van der Waals surface area contributed by atoms with E-state index >= 15 is 0 Å². The van der Waals surface area contributed by atoms with E-state index in [1.165, 1.54) is 30.4 Å². The van der Waals surface area contributed by atoms with Crippen LogP contribution in [0.3, 0.4) is 0 Å². The average molecular weight is 360 g/mol. The van der Waals surface area contributed by atoms with Gasteiger partial charge >= 0.3 is 5.97 Å². The molecule has 0 spiro atoms. The molecule has 120 valence electrons. The van der Waals surface area contributed by atoms with Crippen LogP contribution in [0.2, 0.25) is 10.0 Å². The SMILES string of the molecule is N#Cc1ccc(/C=C/C(=O)OCC(=O)c2ccc(Cl)cc2Cl)cc1. The molecule has 0 fully saturated rings. The lowest BCUT2D eigenvalue weighted by Crippen LogP contribution is -2.13. The summed E-state index contributed by atoms with van der Waals surface area (Å²) in [6, 6.07) is 13.1. The van der Waals surface area contributed by atoms with E-state index in [9.17, 15) is 9.59 Å². The zero-order valence-corrected chi connectivity index (χ0v) is 13.8. The van der Waals surface area contributed by atoms with Gasteiger partial charge in [0.2, 0.25) is 5.78 Å². The van der Waals surface area contributed by atoms with Crippen LogP contribution in [-0.2, 0) is 9.53 Å². The summed E-state index contributed by atoms with van der Waals surface area (Å²) in [7, 11) is 0. The summed E-state index contributed by atoms with van der Waals surface area (Å²) in [6.45, 7) is -0.419. The first-order valence-corrected chi connectivity index (χ1v) is 7.58. The van der Waals surface area contributed by atoms with E-state index in [2.05, 4.69) is 0 Å². The average Bonchev–Trinajstić information content (AvgIpc) is 2.58. The highest BCUT2D eigenvalue weighted by molar-refractivity contribution is 6.36. The summed E-state index contributed by atoms with van der Waals surface area (Å²) in [5.74, 6) is -1.07. The molecular weight excluding hydrogens is 349 g/mol. The minimum Gasteiger partial charge on any atom is -0.454 e. The lowest BCUT2D eigenvalue weighted by atomic mass is 10.1. The highest BCUT2D eigenvalue weighted by Crippen LogP contribution is 2.21. The molecule has 2 aromatic rings. The molecule has 0 aliphatic heterocycles. The van der Waals surface area contributed by atoms with E-state index in [1.807, 2.05) is 6.07 Å². The quantitative estimate of drug-likeness (QED) is 0.453. The fourth-order valence-electron chi connectivity index (χ4n) is 1.81. The fourth-order valence-corrected chi connectivity index (χ4v) is 2.33. The maximum absolute atomic E-state index is 12.0. The van der Waals surface area contributed by atoms with Crippen molar-refractivity contribution in [3.8, 4) is 6.07 Å². The lowest BCUT2D eigenvalue weighted by Gasteiger charge is -2.04. The molecule has 0 heterocycles. The summed E-state index contributed by atoms with van der Waals surface area (Å²) < 4.78 is 4.89. The van der Waals surface area contributed by atoms with Gasteiger partial charge in [-0.25, -0.2) is 4.79 Å². The number of carbonyl (C=O) groups is 2. The molecule has 0 bridgehead atoms. The van der Waals surface area contributed by atoms with Gasteiger partial charge in [0.1, 0.15) is 0 Å². The largest absolute Gasteiger partial charge is 0.454 e. The van der Waals surface area contributed by atoms with E-state index in [0.29, 0.717) is 10.6 Å². The Bertz CT molecular complexity index is 836. The first kappa shape index (κ1) is 17.7. The van der Waals surface area contributed by atoms with Gasteiger partial charge in [-0.3, -0.25) is 4.79 Å². The molecule has 2 rings (SSSR count). The normalized spacial score (nSPS) is 10.4. The predicted molar refractivity (Wildman–Crippen MR) is 91.9 cm³/mol. The number of nitrogens with zero attached hydrogens (tertiary/aromatic N) is 1. The number of hydrogen-bond acceptors (Lipinski definition) is 4. The number of ether oxygens (including phenoxy) is 1. The monoisotopic (exact) mass is 359 g/mol. The molecular formula is C18H11Cl2NO3. The van der Waals surface area contributed by atoms with Crippen LogP contribution in [0.4, 0.5) is 0 Å². The van der Waals surface area contributed by atoms with Crippen molar-refractivity contribution in [1.82, 2.24) is 0 Å². The number of benzene rings is 2. The molecule has 0 amide bonds. The van der Waals surface area contributed by atoms with Gasteiger partial charge in [-0.2, -0.15) is 5.26 Å². The van der Waals surface area contributed by atoms with Gasteiger partial charge in [-0.15, -0.1) is 0 Å². The number of Topliss-reactive ketones (excluding diaryl/α,β-unsaturated/α-hetero) is 1. The van der Waals surface area contributed by atoms with E-state index in [4.69, 9.17) is 33.2 Å². The van der Waals surface area contributed by atoms with Gasteiger partial charge in [0, 0.05) is 16.7 Å². The second-order valence-electron chi connectivity index (χ2n) is 4.72. The zero-order chi connectivity index (χ0) is 17.5. The van der Waals surface area contributed by atoms with Crippen LogP contribution in [0.5, 0.6) is 0 Å². The molecule has 0 N–H and O–H groups in total. The Labute approximate surface area is 148 Å². The van der Waals surface area contributed by atoms with E-state index < -0.39 is 18.4 Å². The van der Waals surface area contributed by atoms with Crippen molar-refractivity contribution in [2.45, 2.75) is 0 Å². The third-order valence-corrected chi connectivity index (χ3v) is 3.58. The van der Waals surface area contributed by atoms with Gasteiger partial charge in [0.15, 0.2) is 6.61 Å². The maximum Gasteiger partial charge on any atom is 0.331 e. The first-order chi connectivity index (χ1) is 11.5. The van der Waals surface area contributed by atoms with Crippen LogP contribution >= 0.6 is 23.2 Å². The van der Waals surface area contributed by atoms with Crippen molar-refractivity contribution in [3.05, 3.63) is 75.3 Å². The Morgan fingerprint density at radius 2 is 1.83 bits per heavy atom. The molecule has 0 aromatic heterocycles. The lowest BCUT2D eigenvalue weighted by molar-refractivity contribution is -0.136. The van der Waals surface area contributed by atoms with E-state index in [1.54, 1.807) is 24.3 Å². The predicted octanol–water partition coefficient (Wildman–Crippen LogP) is 4.30. The molecule has 0 aliphatic carbocycles. The minimum absolute atomic E-state index is 0.205. The van der Waals surface area contributed by atoms with E-state index in [0.717, 1.165) is 5.56 Å². The third-order valence-electron chi connectivity index (χ3n) is 3.03. The van der Waals surface area contributed by atoms with Gasteiger partial charge in [0.25, 0.3) is 0 Å². The molecule has 0 radical (unpaired) electrons. The number of esters is 1. The molecule has 0 unspecified atom stereocenters. The van der Waals surface area contributed by atoms with Crippen molar-refractivity contribution >= 4 is 41.0 Å². The highest BCUT2D eigenvalue weighted by Gasteiger charge is 2.12. The van der Waals surface area contributed by atoms with Crippen LogP contribution in [0.15, 0.2) is 48.5 Å². The molecule has 24 heavy (non-hydrogen) atoms. The first-order valence-electron chi connectivity index (χ1n) is 6.83. The van der Waals surface area contributed by atoms with Crippen LogP contribution in [-0.4, -0.2) is 18.4 Å². The van der Waals surface area contributed by atoms with Crippen LogP contribution in [0.1, 0.15) is 21.5 Å². The van der Waals surface area contributed by atoms with Crippen molar-refractivity contribution in [1.29, 1.82) is 5.26 Å². The van der Waals surface area contributed by atoms with Crippen molar-refractivity contribution in [3.63, 3.8) is 0 Å². The van der Waals surface area contributed by atoms with Gasteiger partial charge in [-0.1, -0.05) is 35.3 Å². The Balaban J connectivity index is 1.91. The molecule has 0 atom stereocenters. The number of nitriles is 1. The summed E-state index contributed by atoms with van der Waals surface area (Å²) in [4.78, 5) is 23.6. The van der Waals surface area contributed by atoms with Gasteiger partial charge in [0.05, 0.1) is 16.7 Å². The summed E-state index contributed by atoms with van der Waals surface area (Å²) in [5, 5.41) is 9.33. The summed E-state index contributed by atoms with van der Waals surface area (Å²) in [6.07, 6.45) is 2.74. The molecule has 0 saturated carbocycles. The number of halogens is 2. The van der Waals surface area contributed by atoms with Crippen LogP contribution in [0, 0.1) is 11.3 Å². The Kier molecular flexibility index (Phi) is 6.14. The van der Waals surface area contributed by atoms with Crippen molar-refractivity contribution < 1.29 is 14.3 Å². The third kappa shape index (κ3) is 4.95. The maximum atomic E-state index is 12.0.